The van der Waals surface area contributed by atoms with Crippen LogP contribution in [0.3, 0.4) is 0 Å². The molecule has 0 atom stereocenters. The van der Waals surface area contributed by atoms with E-state index in [1.165, 1.54) is 11.3 Å². The second-order valence-corrected chi connectivity index (χ2v) is 6.28. The summed E-state index contributed by atoms with van der Waals surface area (Å²) in [5, 5.41) is 4.70. The van der Waals surface area contributed by atoms with Gasteiger partial charge in [0.1, 0.15) is 5.69 Å². The number of ketones is 1. The monoisotopic (exact) mass is 347 g/mol. The van der Waals surface area contributed by atoms with Crippen molar-refractivity contribution >= 4 is 33.7 Å². The molecule has 5 nitrogen and oxygen atoms in total. The van der Waals surface area contributed by atoms with Crippen LogP contribution in [0.15, 0.2) is 72.4 Å². The van der Waals surface area contributed by atoms with Crippen LogP contribution in [0.5, 0.6) is 0 Å². The molecule has 3 aromatic heterocycles. The predicted molar refractivity (Wildman–Crippen MR) is 97.9 cm³/mol. The molecule has 1 N–H and O–H groups in total. The van der Waals surface area contributed by atoms with Crippen molar-refractivity contribution < 1.29 is 9.59 Å². The van der Waals surface area contributed by atoms with Gasteiger partial charge in [0.2, 0.25) is 0 Å². The molecule has 0 saturated carbocycles. The summed E-state index contributed by atoms with van der Waals surface area (Å²) in [4.78, 5) is 29.3. The van der Waals surface area contributed by atoms with E-state index in [-0.39, 0.29) is 0 Å². The quantitative estimate of drug-likeness (QED) is 0.450. The summed E-state index contributed by atoms with van der Waals surface area (Å²) in [5.41, 5.74) is 2.81. The molecule has 0 aliphatic heterocycles. The molecule has 3 heterocycles. The minimum Gasteiger partial charge on any atom is -0.313 e. The number of hydrogen-bond acceptors (Lipinski definition) is 4. The fourth-order valence-corrected chi connectivity index (χ4v) is 3.26. The number of Topliss-reactive ketones (excluding diaryl/α,β-unsaturated/α-hetero) is 1. The lowest BCUT2D eigenvalue weighted by atomic mass is 10.0. The number of amides is 1. The van der Waals surface area contributed by atoms with Crippen molar-refractivity contribution in [1.82, 2.24) is 9.38 Å². The molecule has 122 valence electrons. The number of nitrogens with one attached hydrogen (secondary N) is 1. The van der Waals surface area contributed by atoms with Crippen LogP contribution in [0.4, 0.5) is 5.13 Å². The smallest absolute Gasteiger partial charge is 0.300 e. The zero-order chi connectivity index (χ0) is 17.2. The molecule has 0 unspecified atom stereocenters. The van der Waals surface area contributed by atoms with E-state index in [0.717, 1.165) is 16.6 Å². The molecule has 0 saturated heterocycles. The fraction of sp³-hybridized carbons (Fsp3) is 0. The van der Waals surface area contributed by atoms with Crippen LogP contribution in [0.2, 0.25) is 0 Å². The number of fused-ring (bicyclic) bond motifs is 1. The van der Waals surface area contributed by atoms with Crippen LogP contribution in [-0.2, 0) is 4.79 Å². The third-order valence-corrected chi connectivity index (χ3v) is 4.53. The Balaban J connectivity index is 1.82. The molecule has 0 fully saturated rings. The summed E-state index contributed by atoms with van der Waals surface area (Å²) in [5.74, 6) is -1.30. The fourth-order valence-electron chi connectivity index (χ4n) is 2.74. The van der Waals surface area contributed by atoms with Crippen molar-refractivity contribution in [3.63, 3.8) is 0 Å². The molecule has 0 aliphatic carbocycles. The summed E-state index contributed by atoms with van der Waals surface area (Å²) in [6.45, 7) is 0. The summed E-state index contributed by atoms with van der Waals surface area (Å²) < 4.78 is 1.74. The van der Waals surface area contributed by atoms with E-state index in [9.17, 15) is 9.59 Å². The van der Waals surface area contributed by atoms with E-state index >= 15 is 0 Å². The molecule has 1 amide bonds. The van der Waals surface area contributed by atoms with Gasteiger partial charge in [0.05, 0.1) is 0 Å². The third kappa shape index (κ3) is 2.83. The highest BCUT2D eigenvalue weighted by atomic mass is 32.1. The number of rotatable bonds is 4. The summed E-state index contributed by atoms with van der Waals surface area (Å²) in [7, 11) is 0. The Kier molecular flexibility index (Phi) is 3.87. The van der Waals surface area contributed by atoms with Crippen LogP contribution in [-0.4, -0.2) is 21.1 Å². The van der Waals surface area contributed by atoms with E-state index in [4.69, 9.17) is 0 Å². The van der Waals surface area contributed by atoms with E-state index in [1.54, 1.807) is 22.2 Å². The largest absolute Gasteiger partial charge is 0.313 e. The van der Waals surface area contributed by atoms with Gasteiger partial charge in [-0.15, -0.1) is 11.3 Å². The van der Waals surface area contributed by atoms with Gasteiger partial charge in [-0.3, -0.25) is 14.9 Å². The Bertz CT molecular complexity index is 1050. The van der Waals surface area contributed by atoms with Crippen LogP contribution >= 0.6 is 11.3 Å². The molecule has 0 aliphatic rings. The summed E-state index contributed by atoms with van der Waals surface area (Å²) in [6, 6.07) is 17.1. The normalized spacial score (nSPS) is 10.7. The zero-order valence-corrected chi connectivity index (χ0v) is 13.9. The molecule has 0 radical (unpaired) electrons. The van der Waals surface area contributed by atoms with Crippen molar-refractivity contribution in [3.05, 3.63) is 78.1 Å². The predicted octanol–water partition coefficient (Wildman–Crippen LogP) is 3.88. The molecular weight excluding hydrogens is 334 g/mol. The van der Waals surface area contributed by atoms with Gasteiger partial charge < -0.3 is 4.40 Å². The van der Waals surface area contributed by atoms with Crippen LogP contribution in [0.1, 0.15) is 10.5 Å². The number of thiazole rings is 1. The maximum Gasteiger partial charge on any atom is 0.300 e. The van der Waals surface area contributed by atoms with Gasteiger partial charge in [0.15, 0.2) is 5.13 Å². The SMILES string of the molecule is O=C(Nc1nccs1)C(=O)c1c(-c2ccccc2)cc2ccccn12. The number of benzene rings is 1. The summed E-state index contributed by atoms with van der Waals surface area (Å²) >= 11 is 1.27. The first-order valence-corrected chi connectivity index (χ1v) is 8.52. The van der Waals surface area contributed by atoms with Crippen molar-refractivity contribution in [2.75, 3.05) is 5.32 Å². The average molecular weight is 347 g/mol. The van der Waals surface area contributed by atoms with E-state index in [1.807, 2.05) is 54.6 Å². The van der Waals surface area contributed by atoms with Crippen LogP contribution in [0.25, 0.3) is 16.6 Å². The van der Waals surface area contributed by atoms with E-state index < -0.39 is 11.7 Å². The first kappa shape index (κ1) is 15.3. The third-order valence-electron chi connectivity index (χ3n) is 3.84. The Morgan fingerprint density at radius 3 is 2.60 bits per heavy atom. The van der Waals surface area contributed by atoms with Crippen molar-refractivity contribution in [2.45, 2.75) is 0 Å². The van der Waals surface area contributed by atoms with Crippen molar-refractivity contribution in [3.8, 4) is 11.1 Å². The molecule has 4 aromatic rings. The van der Waals surface area contributed by atoms with Gasteiger partial charge >= 0.3 is 0 Å². The van der Waals surface area contributed by atoms with Gasteiger partial charge in [0, 0.05) is 28.9 Å². The molecule has 25 heavy (non-hydrogen) atoms. The van der Waals surface area contributed by atoms with Gasteiger partial charge in [-0.05, 0) is 23.8 Å². The second kappa shape index (κ2) is 6.33. The Morgan fingerprint density at radius 1 is 1.04 bits per heavy atom. The molecule has 0 spiro atoms. The van der Waals surface area contributed by atoms with E-state index in [2.05, 4.69) is 10.3 Å². The second-order valence-electron chi connectivity index (χ2n) is 5.39. The first-order chi connectivity index (χ1) is 12.2. The maximum absolute atomic E-state index is 12.9. The standard InChI is InChI=1S/C19H13N3O2S/c23-17(18(24)21-19-20-9-11-25-19)16-15(13-6-2-1-3-7-13)12-14-8-4-5-10-22(14)16/h1-12H,(H,20,21,24). The molecule has 4 rings (SSSR count). The highest BCUT2D eigenvalue weighted by molar-refractivity contribution is 7.13. The number of pyridine rings is 1. The zero-order valence-electron chi connectivity index (χ0n) is 13.0. The Labute approximate surface area is 147 Å². The molecule has 0 bridgehead atoms. The summed E-state index contributed by atoms with van der Waals surface area (Å²) in [6.07, 6.45) is 3.36. The topological polar surface area (TPSA) is 63.5 Å². The lowest BCUT2D eigenvalue weighted by molar-refractivity contribution is -0.112. The first-order valence-electron chi connectivity index (χ1n) is 7.65. The van der Waals surface area contributed by atoms with Gasteiger partial charge in [0.25, 0.3) is 11.7 Å². The molecule has 1 aromatic carbocycles. The van der Waals surface area contributed by atoms with Gasteiger partial charge in [-0.1, -0.05) is 36.4 Å². The number of carbonyl (C=O) groups is 2. The minimum absolute atomic E-state index is 0.343. The Hall–Kier alpha value is -3.25. The molecular formula is C19H13N3O2S. The highest BCUT2D eigenvalue weighted by Crippen LogP contribution is 2.28. The number of anilines is 1. The maximum atomic E-state index is 12.9. The number of nitrogens with zero attached hydrogens (tertiary/aromatic N) is 2. The number of aromatic nitrogens is 2. The highest BCUT2D eigenvalue weighted by Gasteiger charge is 2.25. The number of hydrogen-bond donors (Lipinski definition) is 1. The molecule has 6 heteroatoms. The number of carbonyl (C=O) groups excluding carboxylic acids is 2. The van der Waals surface area contributed by atoms with Crippen LogP contribution < -0.4 is 5.32 Å². The van der Waals surface area contributed by atoms with Gasteiger partial charge in [-0.25, -0.2) is 4.98 Å². The minimum atomic E-state index is -0.698. The Morgan fingerprint density at radius 2 is 1.84 bits per heavy atom. The lowest BCUT2D eigenvalue weighted by Crippen LogP contribution is -2.24. The van der Waals surface area contributed by atoms with Crippen molar-refractivity contribution in [2.24, 2.45) is 0 Å². The van der Waals surface area contributed by atoms with Gasteiger partial charge in [-0.2, -0.15) is 0 Å². The average Bonchev–Trinajstić information content (AvgIpc) is 3.29. The van der Waals surface area contributed by atoms with Crippen LogP contribution in [0, 0.1) is 0 Å². The van der Waals surface area contributed by atoms with Crippen molar-refractivity contribution in [1.29, 1.82) is 0 Å². The lowest BCUT2D eigenvalue weighted by Gasteiger charge is -2.06. The van der Waals surface area contributed by atoms with E-state index in [0.29, 0.717) is 10.8 Å².